The number of carbonyl (C=O) groups is 1. The van der Waals surface area contributed by atoms with Crippen LogP contribution < -0.4 is 86.9 Å². The molecule has 0 saturated heterocycles. The molecule has 2 aromatic carbocycles. The standard InChI is InChI=1S/C20H30N12S4.C8H12N6S2.C6H11N3OS/c1-11(25-29-17(33)21-5)13(3)27-31-19(35)23-15-7-9-16(10-8-15)24-20(36)32-28-14(4)12(2)26-30-18(34)22-6;9-13-7(15)11-5-1-2-6(4-3-5)12-8(16)14-10;1-4(5(2)10)8-9-6(11)7-3/h7-10H,1-6H3,(H2,21,29,33)(H2,22,30,34)(H2,23,31,35)(H2,24,32,36);1-4H,9-10H2,(H2,11,13,15)(H2,12,14,16);1-3H3,(H2,7,9,11)/b25-11+,26-12+,27-13+,28-14+;;8-4+. The van der Waals surface area contributed by atoms with Gasteiger partial charge < -0.3 is 48.1 Å². The number of hydrogen-bond donors (Lipinski definition) is 16. The summed E-state index contributed by atoms with van der Waals surface area (Å²) in [5.74, 6) is 10.2. The molecule has 63 heavy (non-hydrogen) atoms. The number of nitrogens with two attached hydrogens (primary N) is 2. The lowest BCUT2D eigenvalue weighted by Gasteiger charge is -2.11. The van der Waals surface area contributed by atoms with E-state index in [1.807, 2.05) is 48.5 Å². The van der Waals surface area contributed by atoms with Gasteiger partial charge in [-0.1, -0.05) is 0 Å². The highest BCUT2D eigenvalue weighted by atomic mass is 32.1. The minimum atomic E-state index is -0.0728. The third kappa shape index (κ3) is 27.7. The predicted octanol–water partition coefficient (Wildman–Crippen LogP) is 2.00. The summed E-state index contributed by atoms with van der Waals surface area (Å²) < 4.78 is 0. The quantitative estimate of drug-likeness (QED) is 0.0626. The molecular formula is C34H53N21OS7. The molecule has 0 amide bonds. The summed E-state index contributed by atoms with van der Waals surface area (Å²) in [5.41, 5.74) is 24.3. The second kappa shape index (κ2) is 32.9. The molecule has 0 unspecified atom stereocenters. The number of hydrogen-bond acceptors (Lipinski definition) is 15. The van der Waals surface area contributed by atoms with E-state index in [1.54, 1.807) is 55.8 Å². The van der Waals surface area contributed by atoms with Crippen LogP contribution in [0.1, 0.15) is 41.5 Å². The molecule has 0 aliphatic heterocycles. The lowest BCUT2D eigenvalue weighted by Crippen LogP contribution is -2.34. The number of benzene rings is 2. The molecule has 0 aliphatic carbocycles. The Balaban J connectivity index is 0.00000116. The monoisotopic (exact) mass is 995 g/mol. The van der Waals surface area contributed by atoms with Crippen LogP contribution >= 0.6 is 85.5 Å². The first-order chi connectivity index (χ1) is 29.8. The van der Waals surface area contributed by atoms with Crippen molar-refractivity contribution < 1.29 is 4.79 Å². The van der Waals surface area contributed by atoms with E-state index < -0.39 is 0 Å². The van der Waals surface area contributed by atoms with Gasteiger partial charge in [-0.3, -0.25) is 31.9 Å². The van der Waals surface area contributed by atoms with Gasteiger partial charge in [-0.25, -0.2) is 11.7 Å². The molecule has 2 aromatic rings. The van der Waals surface area contributed by atoms with Crippen LogP contribution in [0.25, 0.3) is 0 Å². The summed E-state index contributed by atoms with van der Waals surface area (Å²) in [6, 6.07) is 14.7. The van der Waals surface area contributed by atoms with E-state index in [2.05, 4.69) is 101 Å². The lowest BCUT2D eigenvalue weighted by atomic mass is 10.3. The molecule has 18 N–H and O–H groups in total. The molecule has 29 heteroatoms. The molecule has 22 nitrogen and oxygen atoms in total. The van der Waals surface area contributed by atoms with Crippen molar-refractivity contribution in [1.29, 1.82) is 0 Å². The van der Waals surface area contributed by atoms with Crippen LogP contribution in [0.15, 0.2) is 74.0 Å². The highest BCUT2D eigenvalue weighted by Gasteiger charge is 2.04. The summed E-state index contributed by atoms with van der Waals surface area (Å²) >= 11 is 34.9. The third-order valence-electron chi connectivity index (χ3n) is 6.93. The lowest BCUT2D eigenvalue weighted by molar-refractivity contribution is -0.111. The van der Waals surface area contributed by atoms with E-state index in [4.69, 9.17) is 97.2 Å². The first kappa shape index (κ1) is 57.2. The number of Topliss-reactive ketones (excluding diaryl/α,β-unsaturated/α-hetero) is 1. The molecule has 0 aliphatic rings. The number of nitrogens with zero attached hydrogens (tertiary/aromatic N) is 5. The fourth-order valence-corrected chi connectivity index (χ4v) is 3.87. The molecular weight excluding hydrogens is 943 g/mol. The SMILES string of the molecule is CNC(=S)N/N=C(C)/C(C)=N/NC(=S)Nc1ccc(NC(=S)N/N=C(C)/C(C)=N/NC(=S)NC)cc1.CNC(=S)N/N=C(\C)C(C)=O.NNC(=S)Nc1ccc(NC(=S)NN)cc1. The Bertz CT molecular complexity index is 1930. The van der Waals surface area contributed by atoms with Crippen LogP contribution in [0.2, 0.25) is 0 Å². The molecule has 0 bridgehead atoms. The number of carbonyl (C=O) groups excluding carboxylic acids is 1. The average molecular weight is 996 g/mol. The second-order valence-electron chi connectivity index (χ2n) is 11.6. The summed E-state index contributed by atoms with van der Waals surface area (Å²) in [4.78, 5) is 10.6. The zero-order valence-electron chi connectivity index (χ0n) is 35.8. The zero-order valence-corrected chi connectivity index (χ0v) is 41.5. The van der Waals surface area contributed by atoms with E-state index in [9.17, 15) is 4.79 Å². The molecule has 342 valence electrons. The Hall–Kier alpha value is -5.79. The smallest absolute Gasteiger partial charge is 0.191 e. The van der Waals surface area contributed by atoms with E-state index in [-0.39, 0.29) is 5.78 Å². The number of hydrazone groups is 5. The van der Waals surface area contributed by atoms with Gasteiger partial charge in [0, 0.05) is 50.8 Å². The van der Waals surface area contributed by atoms with Gasteiger partial charge in [0.25, 0.3) is 0 Å². The van der Waals surface area contributed by atoms with Crippen LogP contribution in [0.4, 0.5) is 22.7 Å². The molecule has 0 radical (unpaired) electrons. The average Bonchev–Trinajstić information content (AvgIpc) is 3.28. The van der Waals surface area contributed by atoms with E-state index in [0.717, 1.165) is 22.7 Å². The van der Waals surface area contributed by atoms with Crippen LogP contribution in [0, 0.1) is 0 Å². The van der Waals surface area contributed by atoms with Crippen LogP contribution in [0.3, 0.4) is 0 Å². The molecule has 2 rings (SSSR count). The molecule has 0 aromatic heterocycles. The van der Waals surface area contributed by atoms with Crippen molar-refractivity contribution in [2.24, 2.45) is 37.2 Å². The van der Waals surface area contributed by atoms with Gasteiger partial charge in [-0.15, -0.1) is 0 Å². The first-order valence-electron chi connectivity index (χ1n) is 17.8. The van der Waals surface area contributed by atoms with Gasteiger partial charge in [0.2, 0.25) is 0 Å². The van der Waals surface area contributed by atoms with Crippen LogP contribution in [-0.4, -0.2) is 91.3 Å². The largest absolute Gasteiger partial charge is 0.364 e. The van der Waals surface area contributed by atoms with Gasteiger partial charge >= 0.3 is 0 Å². The van der Waals surface area contributed by atoms with Crippen molar-refractivity contribution in [2.75, 3.05) is 42.4 Å². The van der Waals surface area contributed by atoms with E-state index in [0.29, 0.717) is 64.3 Å². The van der Waals surface area contributed by atoms with Crippen molar-refractivity contribution in [1.82, 2.24) is 53.9 Å². The number of hydrazine groups is 2. The Kier molecular flexibility index (Phi) is 29.8. The fourth-order valence-electron chi connectivity index (χ4n) is 3.17. The molecule has 0 heterocycles. The van der Waals surface area contributed by atoms with Gasteiger partial charge in [0.1, 0.15) is 5.71 Å². The highest BCUT2D eigenvalue weighted by Crippen LogP contribution is 2.14. The van der Waals surface area contributed by atoms with E-state index >= 15 is 0 Å². The number of anilines is 4. The molecule has 0 saturated carbocycles. The Morgan fingerprint density at radius 3 is 0.794 bits per heavy atom. The Labute approximate surface area is 404 Å². The highest BCUT2D eigenvalue weighted by molar-refractivity contribution is 7.81. The minimum Gasteiger partial charge on any atom is -0.364 e. The Morgan fingerprint density at radius 2 is 0.587 bits per heavy atom. The number of rotatable bonds is 12. The predicted molar refractivity (Wildman–Crippen MR) is 289 cm³/mol. The van der Waals surface area contributed by atoms with Crippen molar-refractivity contribution in [3.63, 3.8) is 0 Å². The first-order valence-corrected chi connectivity index (χ1v) is 20.7. The normalized spacial score (nSPS) is 11.1. The molecule has 0 atom stereocenters. The van der Waals surface area contributed by atoms with Crippen molar-refractivity contribution >= 4 is 178 Å². The maximum absolute atomic E-state index is 10.6. The van der Waals surface area contributed by atoms with E-state index in [1.165, 1.54) is 6.92 Å². The van der Waals surface area contributed by atoms with Gasteiger partial charge in [0.05, 0.1) is 22.8 Å². The summed E-state index contributed by atoms with van der Waals surface area (Å²) in [5, 5.41) is 43.0. The topological polar surface area (TPSA) is 299 Å². The second-order valence-corrected chi connectivity index (χ2v) is 14.5. The number of nitrogens with one attached hydrogen (secondary N) is 14. The van der Waals surface area contributed by atoms with Gasteiger partial charge in [-0.2, -0.15) is 25.5 Å². The van der Waals surface area contributed by atoms with Gasteiger partial charge in [0.15, 0.2) is 41.6 Å². The maximum atomic E-state index is 10.6. The fraction of sp³-hybridized carbons (Fsp3) is 0.265. The maximum Gasteiger partial charge on any atom is 0.191 e. The third-order valence-corrected chi connectivity index (χ3v) is 8.64. The van der Waals surface area contributed by atoms with Crippen molar-refractivity contribution in [3.05, 3.63) is 48.5 Å². The zero-order chi connectivity index (χ0) is 47.9. The van der Waals surface area contributed by atoms with Crippen LogP contribution in [-0.2, 0) is 4.79 Å². The van der Waals surface area contributed by atoms with Crippen LogP contribution in [0.5, 0.6) is 0 Å². The van der Waals surface area contributed by atoms with Crippen molar-refractivity contribution in [2.45, 2.75) is 41.5 Å². The number of ketones is 1. The summed E-state index contributed by atoms with van der Waals surface area (Å²) in [7, 11) is 5.09. The minimum absolute atomic E-state index is 0.0728. The Morgan fingerprint density at radius 1 is 0.381 bits per heavy atom. The molecule has 0 spiro atoms. The summed E-state index contributed by atoms with van der Waals surface area (Å²) in [6.45, 7) is 10.3. The van der Waals surface area contributed by atoms with Gasteiger partial charge in [-0.05, 0) is 169 Å². The number of thiocarbonyl (C=S) groups is 7. The molecule has 0 fully saturated rings. The summed E-state index contributed by atoms with van der Waals surface area (Å²) in [6.07, 6.45) is 0. The van der Waals surface area contributed by atoms with Crippen molar-refractivity contribution in [3.8, 4) is 0 Å².